The summed E-state index contributed by atoms with van der Waals surface area (Å²) in [6.45, 7) is 5.44. The summed E-state index contributed by atoms with van der Waals surface area (Å²) in [5, 5.41) is 3.91. The number of carbonyl (C=O) groups is 1. The van der Waals surface area contributed by atoms with Crippen LogP contribution in [0.1, 0.15) is 53.5 Å². The maximum absolute atomic E-state index is 12.6. The Morgan fingerprint density at radius 2 is 2.32 bits per heavy atom. The van der Waals surface area contributed by atoms with Gasteiger partial charge in [-0.2, -0.15) is 0 Å². The molecule has 0 saturated carbocycles. The van der Waals surface area contributed by atoms with Crippen LogP contribution in [0.3, 0.4) is 0 Å². The summed E-state index contributed by atoms with van der Waals surface area (Å²) in [5.74, 6) is 1.61. The predicted molar refractivity (Wildman–Crippen MR) is 81.7 cm³/mol. The predicted octanol–water partition coefficient (Wildman–Crippen LogP) is 2.30. The van der Waals surface area contributed by atoms with E-state index in [2.05, 4.69) is 14.7 Å². The zero-order chi connectivity index (χ0) is 15.7. The highest BCUT2D eigenvalue weighted by Gasteiger charge is 2.29. The van der Waals surface area contributed by atoms with E-state index in [1.54, 1.807) is 6.07 Å². The van der Waals surface area contributed by atoms with Crippen molar-refractivity contribution in [2.45, 2.75) is 39.0 Å². The minimum absolute atomic E-state index is 0.0668. The Balaban J connectivity index is 1.75. The minimum Gasteiger partial charge on any atom is -0.351 e. The lowest BCUT2D eigenvalue weighted by Gasteiger charge is -2.31. The van der Waals surface area contributed by atoms with Crippen molar-refractivity contribution in [1.82, 2.24) is 19.6 Å². The van der Waals surface area contributed by atoms with Crippen molar-refractivity contribution in [3.8, 4) is 0 Å². The first kappa shape index (κ1) is 14.8. The van der Waals surface area contributed by atoms with Crippen LogP contribution in [0.15, 0.2) is 16.8 Å². The monoisotopic (exact) mass is 302 g/mol. The number of nitrogens with zero attached hydrogens (tertiary/aromatic N) is 4. The van der Waals surface area contributed by atoms with Crippen molar-refractivity contribution in [1.29, 1.82) is 0 Å². The van der Waals surface area contributed by atoms with E-state index < -0.39 is 0 Å². The minimum atomic E-state index is -0.0668. The van der Waals surface area contributed by atoms with Gasteiger partial charge in [-0.25, -0.2) is 4.98 Å². The zero-order valence-electron chi connectivity index (χ0n) is 13.4. The molecule has 22 heavy (non-hydrogen) atoms. The van der Waals surface area contributed by atoms with Gasteiger partial charge in [0.1, 0.15) is 5.82 Å². The molecule has 0 N–H and O–H groups in total. The Kier molecular flexibility index (Phi) is 4.00. The van der Waals surface area contributed by atoms with Crippen molar-refractivity contribution < 1.29 is 9.32 Å². The van der Waals surface area contributed by atoms with E-state index in [4.69, 9.17) is 4.52 Å². The van der Waals surface area contributed by atoms with Gasteiger partial charge in [0, 0.05) is 38.3 Å². The Morgan fingerprint density at radius 1 is 1.50 bits per heavy atom. The van der Waals surface area contributed by atoms with Gasteiger partial charge in [0.2, 0.25) is 5.76 Å². The highest BCUT2D eigenvalue weighted by atomic mass is 16.5. The SMILES string of the molecule is CCc1cc(C(=O)N2CCC[C@@H](c3nc(C)cn3C)C2)on1. The van der Waals surface area contributed by atoms with Crippen molar-refractivity contribution in [2.24, 2.45) is 7.05 Å². The van der Waals surface area contributed by atoms with Crippen LogP contribution in [0.5, 0.6) is 0 Å². The van der Waals surface area contributed by atoms with Gasteiger partial charge < -0.3 is 14.0 Å². The summed E-state index contributed by atoms with van der Waals surface area (Å²) < 4.78 is 7.24. The molecular formula is C16H22N4O2. The van der Waals surface area contributed by atoms with Crippen molar-refractivity contribution in [2.75, 3.05) is 13.1 Å². The van der Waals surface area contributed by atoms with Gasteiger partial charge in [-0.05, 0) is 26.2 Å². The molecule has 2 aromatic heterocycles. The first-order chi connectivity index (χ1) is 10.6. The summed E-state index contributed by atoms with van der Waals surface area (Å²) in [5.41, 5.74) is 1.83. The lowest BCUT2D eigenvalue weighted by molar-refractivity contribution is 0.0661. The van der Waals surface area contributed by atoms with Crippen molar-refractivity contribution in [3.05, 3.63) is 35.2 Å². The van der Waals surface area contributed by atoms with E-state index in [0.29, 0.717) is 12.3 Å². The van der Waals surface area contributed by atoms with E-state index in [1.807, 2.05) is 32.0 Å². The lowest BCUT2D eigenvalue weighted by atomic mass is 9.97. The number of hydrogen-bond donors (Lipinski definition) is 0. The van der Waals surface area contributed by atoms with Gasteiger partial charge in [0.05, 0.1) is 11.4 Å². The Hall–Kier alpha value is -2.11. The molecule has 1 aliphatic heterocycles. The van der Waals surface area contributed by atoms with Crippen LogP contribution < -0.4 is 0 Å². The molecular weight excluding hydrogens is 280 g/mol. The summed E-state index contributed by atoms with van der Waals surface area (Å²) >= 11 is 0. The second kappa shape index (κ2) is 5.94. The number of amides is 1. The molecule has 6 heteroatoms. The number of aromatic nitrogens is 3. The maximum Gasteiger partial charge on any atom is 0.292 e. The van der Waals surface area contributed by atoms with Crippen LogP contribution >= 0.6 is 0 Å². The maximum atomic E-state index is 12.6. The number of imidazole rings is 1. The molecule has 1 fully saturated rings. The molecule has 0 unspecified atom stereocenters. The van der Waals surface area contributed by atoms with Gasteiger partial charge in [-0.3, -0.25) is 4.79 Å². The average molecular weight is 302 g/mol. The molecule has 3 heterocycles. The number of rotatable bonds is 3. The van der Waals surface area contributed by atoms with Gasteiger partial charge >= 0.3 is 0 Å². The summed E-state index contributed by atoms with van der Waals surface area (Å²) in [4.78, 5) is 19.0. The van der Waals surface area contributed by atoms with E-state index in [0.717, 1.165) is 43.0 Å². The third-order valence-electron chi connectivity index (χ3n) is 4.24. The molecule has 118 valence electrons. The van der Waals surface area contributed by atoms with E-state index in [9.17, 15) is 4.79 Å². The highest BCUT2D eigenvalue weighted by molar-refractivity contribution is 5.91. The topological polar surface area (TPSA) is 64.2 Å². The molecule has 0 aliphatic carbocycles. The molecule has 1 amide bonds. The first-order valence-corrected chi connectivity index (χ1v) is 7.83. The van der Waals surface area contributed by atoms with Crippen LogP contribution in [0.2, 0.25) is 0 Å². The molecule has 0 spiro atoms. The highest BCUT2D eigenvalue weighted by Crippen LogP contribution is 2.27. The molecule has 0 aromatic carbocycles. The van der Waals surface area contributed by atoms with Gasteiger partial charge in [-0.15, -0.1) is 0 Å². The fourth-order valence-electron chi connectivity index (χ4n) is 3.12. The molecule has 2 aromatic rings. The van der Waals surface area contributed by atoms with E-state index >= 15 is 0 Å². The fraction of sp³-hybridized carbons (Fsp3) is 0.562. The summed E-state index contributed by atoms with van der Waals surface area (Å²) in [6, 6.07) is 1.75. The second-order valence-corrected chi connectivity index (χ2v) is 5.98. The van der Waals surface area contributed by atoms with Crippen LogP contribution in [0.4, 0.5) is 0 Å². The molecule has 6 nitrogen and oxygen atoms in total. The van der Waals surface area contributed by atoms with E-state index in [1.165, 1.54) is 0 Å². The van der Waals surface area contributed by atoms with Crippen LogP contribution in [0, 0.1) is 6.92 Å². The van der Waals surface area contributed by atoms with Crippen LogP contribution in [-0.4, -0.2) is 38.6 Å². The summed E-state index contributed by atoms with van der Waals surface area (Å²) in [7, 11) is 2.01. The number of likely N-dealkylation sites (tertiary alicyclic amines) is 1. The van der Waals surface area contributed by atoms with Crippen LogP contribution in [0.25, 0.3) is 0 Å². The standard InChI is InChI=1S/C16H22N4O2/c1-4-13-8-14(22-18-13)16(21)20-7-5-6-12(10-20)15-17-11(2)9-19(15)3/h8-9,12H,4-7,10H2,1-3H3/t12-/m1/s1. The Bertz CT molecular complexity index is 673. The Labute approximate surface area is 130 Å². The van der Waals surface area contributed by atoms with Crippen molar-refractivity contribution >= 4 is 5.91 Å². The second-order valence-electron chi connectivity index (χ2n) is 5.98. The Morgan fingerprint density at radius 3 is 2.95 bits per heavy atom. The third-order valence-corrected chi connectivity index (χ3v) is 4.24. The molecule has 1 saturated heterocycles. The van der Waals surface area contributed by atoms with E-state index in [-0.39, 0.29) is 11.8 Å². The molecule has 3 rings (SSSR count). The zero-order valence-corrected chi connectivity index (χ0v) is 13.4. The fourth-order valence-corrected chi connectivity index (χ4v) is 3.12. The summed E-state index contributed by atoms with van der Waals surface area (Å²) in [6.07, 6.45) is 4.84. The number of hydrogen-bond acceptors (Lipinski definition) is 4. The number of piperidine rings is 1. The number of carbonyl (C=O) groups excluding carboxylic acids is 1. The quantitative estimate of drug-likeness (QED) is 0.872. The molecule has 1 aliphatic rings. The molecule has 0 radical (unpaired) electrons. The largest absolute Gasteiger partial charge is 0.351 e. The molecule has 1 atom stereocenters. The van der Waals surface area contributed by atoms with Gasteiger partial charge in [0.25, 0.3) is 5.91 Å². The van der Waals surface area contributed by atoms with Gasteiger partial charge in [0.15, 0.2) is 0 Å². The third kappa shape index (κ3) is 2.77. The van der Waals surface area contributed by atoms with Crippen LogP contribution in [-0.2, 0) is 13.5 Å². The molecule has 0 bridgehead atoms. The van der Waals surface area contributed by atoms with Gasteiger partial charge in [-0.1, -0.05) is 12.1 Å². The lowest BCUT2D eigenvalue weighted by Crippen LogP contribution is -2.39. The average Bonchev–Trinajstić information content (AvgIpc) is 3.13. The smallest absolute Gasteiger partial charge is 0.292 e. The normalized spacial score (nSPS) is 18.7. The van der Waals surface area contributed by atoms with Crippen molar-refractivity contribution in [3.63, 3.8) is 0 Å². The first-order valence-electron chi connectivity index (χ1n) is 7.83. The number of aryl methyl sites for hydroxylation is 3.